The molecule has 0 aromatic heterocycles. The molecule has 0 radical (unpaired) electrons. The molecule has 106 valence electrons. The minimum Gasteiger partial charge on any atom is -0.372 e. The number of hydrogen-bond donors (Lipinski definition) is 1. The van der Waals surface area contributed by atoms with Crippen LogP contribution >= 0.6 is 0 Å². The van der Waals surface area contributed by atoms with E-state index < -0.39 is 0 Å². The summed E-state index contributed by atoms with van der Waals surface area (Å²) in [7, 11) is 0. The molecule has 20 heavy (non-hydrogen) atoms. The van der Waals surface area contributed by atoms with Crippen molar-refractivity contribution in [2.45, 2.75) is 30.9 Å². The average Bonchev–Trinajstić information content (AvgIpc) is 2.83. The van der Waals surface area contributed by atoms with Crippen molar-refractivity contribution in [2.75, 3.05) is 6.61 Å². The molecule has 1 atom stereocenters. The molecule has 1 heterocycles. The van der Waals surface area contributed by atoms with Crippen molar-refractivity contribution in [2.24, 2.45) is 0 Å². The average molecular weight is 271 g/mol. The van der Waals surface area contributed by atoms with Crippen LogP contribution in [0.5, 0.6) is 0 Å². The van der Waals surface area contributed by atoms with Crippen molar-refractivity contribution < 1.29 is 9.53 Å². The van der Waals surface area contributed by atoms with Gasteiger partial charge in [0.2, 0.25) is 0 Å². The van der Waals surface area contributed by atoms with Crippen molar-refractivity contribution in [3.63, 3.8) is 0 Å². The second-order valence-electron chi connectivity index (χ2n) is 5.22. The Morgan fingerprint density at radius 2 is 1.95 bits per heavy atom. The summed E-state index contributed by atoms with van der Waals surface area (Å²) in [5.41, 5.74) is 0.426. The lowest BCUT2D eigenvalue weighted by atomic mass is 9.90. The van der Waals surface area contributed by atoms with Gasteiger partial charge in [0.1, 0.15) is 0 Å². The van der Waals surface area contributed by atoms with Crippen LogP contribution in [-0.4, -0.2) is 24.2 Å². The van der Waals surface area contributed by atoms with Crippen molar-refractivity contribution in [1.29, 1.82) is 0 Å². The number of benzene rings is 1. The minimum atomic E-state index is -0.252. The summed E-state index contributed by atoms with van der Waals surface area (Å²) in [6.07, 6.45) is 6.08. The van der Waals surface area contributed by atoms with Gasteiger partial charge in [0.15, 0.2) is 0 Å². The van der Waals surface area contributed by atoms with Crippen LogP contribution in [0.15, 0.2) is 55.6 Å². The maximum Gasteiger partial charge on any atom is 0.251 e. The summed E-state index contributed by atoms with van der Waals surface area (Å²) in [6.45, 7) is 8.11. The summed E-state index contributed by atoms with van der Waals surface area (Å²) in [5, 5.41) is 3.03. The Kier molecular flexibility index (Phi) is 4.74. The molecule has 0 spiro atoms. The van der Waals surface area contributed by atoms with Crippen LogP contribution in [0.3, 0.4) is 0 Å². The molecule has 1 aliphatic rings. The van der Waals surface area contributed by atoms with E-state index in [1.54, 1.807) is 0 Å². The highest BCUT2D eigenvalue weighted by molar-refractivity contribution is 5.94. The van der Waals surface area contributed by atoms with Gasteiger partial charge in [-0.2, -0.15) is 0 Å². The molecule has 0 saturated carbocycles. The molecule has 1 fully saturated rings. The van der Waals surface area contributed by atoms with Crippen LogP contribution in [0.25, 0.3) is 0 Å². The lowest BCUT2D eigenvalue weighted by Crippen LogP contribution is -2.36. The van der Waals surface area contributed by atoms with E-state index in [2.05, 4.69) is 18.5 Å². The van der Waals surface area contributed by atoms with Gasteiger partial charge in [0, 0.05) is 5.56 Å². The van der Waals surface area contributed by atoms with Crippen LogP contribution in [0.2, 0.25) is 0 Å². The maximum atomic E-state index is 12.1. The zero-order valence-corrected chi connectivity index (χ0v) is 11.7. The quantitative estimate of drug-likeness (QED) is 0.807. The lowest BCUT2D eigenvalue weighted by Gasteiger charge is -2.25. The topological polar surface area (TPSA) is 38.3 Å². The van der Waals surface area contributed by atoms with Gasteiger partial charge in [0.05, 0.1) is 18.2 Å². The number of hydrogen-bond acceptors (Lipinski definition) is 2. The van der Waals surface area contributed by atoms with Gasteiger partial charge in [-0.05, 0) is 31.4 Å². The van der Waals surface area contributed by atoms with E-state index in [4.69, 9.17) is 4.74 Å². The van der Waals surface area contributed by atoms with E-state index in [0.29, 0.717) is 12.2 Å². The van der Waals surface area contributed by atoms with Gasteiger partial charge in [0.25, 0.3) is 5.91 Å². The van der Waals surface area contributed by atoms with E-state index in [-0.39, 0.29) is 17.6 Å². The van der Waals surface area contributed by atoms with Crippen LogP contribution < -0.4 is 5.32 Å². The largest absolute Gasteiger partial charge is 0.372 e. The third-order valence-corrected chi connectivity index (χ3v) is 3.61. The third-order valence-electron chi connectivity index (χ3n) is 3.61. The summed E-state index contributed by atoms with van der Waals surface area (Å²) >= 11 is 0. The zero-order valence-electron chi connectivity index (χ0n) is 11.7. The van der Waals surface area contributed by atoms with E-state index in [0.717, 1.165) is 19.3 Å². The molecule has 1 aromatic carbocycles. The number of ether oxygens (including phenoxy) is 1. The van der Waals surface area contributed by atoms with Crippen LogP contribution in [0.1, 0.15) is 29.6 Å². The van der Waals surface area contributed by atoms with Crippen molar-refractivity contribution in [3.8, 4) is 0 Å². The van der Waals surface area contributed by atoms with Gasteiger partial charge in [-0.1, -0.05) is 30.4 Å². The second-order valence-corrected chi connectivity index (χ2v) is 5.22. The normalized spacial score (nSPS) is 20.3. The highest BCUT2D eigenvalue weighted by atomic mass is 16.5. The van der Waals surface area contributed by atoms with Crippen LogP contribution in [-0.2, 0) is 4.74 Å². The van der Waals surface area contributed by atoms with E-state index >= 15 is 0 Å². The summed E-state index contributed by atoms with van der Waals surface area (Å²) in [4.78, 5) is 12.1. The molecular formula is C17H21NO2. The van der Waals surface area contributed by atoms with Gasteiger partial charge >= 0.3 is 0 Å². The summed E-state index contributed by atoms with van der Waals surface area (Å²) in [6, 6.07) is 9.29. The maximum absolute atomic E-state index is 12.1. The van der Waals surface area contributed by atoms with Crippen molar-refractivity contribution >= 4 is 5.91 Å². The first-order chi connectivity index (χ1) is 9.69. The summed E-state index contributed by atoms with van der Waals surface area (Å²) in [5.74, 6) is -0.0489. The Labute approximate surface area is 120 Å². The molecule has 3 nitrogen and oxygen atoms in total. The predicted molar refractivity (Wildman–Crippen MR) is 80.6 cm³/mol. The van der Waals surface area contributed by atoms with Crippen LogP contribution in [0.4, 0.5) is 0 Å². The predicted octanol–water partition coefficient (Wildman–Crippen LogP) is 3.10. The van der Waals surface area contributed by atoms with E-state index in [1.807, 2.05) is 42.5 Å². The molecule has 2 rings (SSSR count). The first-order valence-electron chi connectivity index (χ1n) is 6.91. The molecule has 1 aliphatic heterocycles. The monoisotopic (exact) mass is 271 g/mol. The number of carbonyl (C=O) groups excluding carboxylic acids is 1. The molecule has 1 aromatic rings. The molecule has 1 saturated heterocycles. The van der Waals surface area contributed by atoms with Gasteiger partial charge in [-0.25, -0.2) is 0 Å². The van der Waals surface area contributed by atoms with Gasteiger partial charge < -0.3 is 10.1 Å². The molecule has 0 unspecified atom stereocenters. The Balaban J connectivity index is 1.97. The molecule has 0 aliphatic carbocycles. The molecule has 1 amide bonds. The smallest absolute Gasteiger partial charge is 0.251 e. The van der Waals surface area contributed by atoms with Crippen molar-refractivity contribution in [1.82, 2.24) is 5.32 Å². The summed E-state index contributed by atoms with van der Waals surface area (Å²) < 4.78 is 5.91. The lowest BCUT2D eigenvalue weighted by molar-refractivity contribution is 0.00875. The van der Waals surface area contributed by atoms with E-state index in [9.17, 15) is 4.79 Å². The fraction of sp³-hybridized carbons (Fsp3) is 0.353. The second kappa shape index (κ2) is 6.53. The Morgan fingerprint density at radius 1 is 1.30 bits per heavy atom. The first-order valence-corrected chi connectivity index (χ1v) is 6.91. The van der Waals surface area contributed by atoms with Crippen molar-refractivity contribution in [3.05, 3.63) is 61.2 Å². The number of nitrogens with one attached hydrogen (secondary N) is 1. The van der Waals surface area contributed by atoms with Crippen LogP contribution in [0, 0.1) is 0 Å². The third kappa shape index (κ3) is 3.36. The number of rotatable bonds is 6. The number of amides is 1. The standard InChI is InChI=1S/C17H21NO2/c1-3-10-17(11-4-2)12-15(13-20-17)18-16(19)14-8-6-5-7-9-14/h3-9,15H,1-2,10-13H2,(H,18,19)/t15-/m0/s1. The SMILES string of the molecule is C=CCC1(CC=C)C[C@H](NC(=O)c2ccccc2)CO1. The Bertz CT molecular complexity index is 471. The number of carbonyl (C=O) groups is 1. The molecular weight excluding hydrogens is 250 g/mol. The zero-order chi connectivity index (χ0) is 14.4. The molecule has 1 N–H and O–H groups in total. The van der Waals surface area contributed by atoms with Gasteiger partial charge in [-0.3, -0.25) is 4.79 Å². The first kappa shape index (κ1) is 14.5. The highest BCUT2D eigenvalue weighted by Gasteiger charge is 2.38. The molecule has 3 heteroatoms. The van der Waals surface area contributed by atoms with E-state index in [1.165, 1.54) is 0 Å². The van der Waals surface area contributed by atoms with Gasteiger partial charge in [-0.15, -0.1) is 13.2 Å². The highest BCUT2D eigenvalue weighted by Crippen LogP contribution is 2.33. The fourth-order valence-corrected chi connectivity index (χ4v) is 2.69. The molecule has 0 bridgehead atoms. The Morgan fingerprint density at radius 3 is 2.55 bits per heavy atom. The minimum absolute atomic E-state index is 0.0441. The Hall–Kier alpha value is -1.87. The fourth-order valence-electron chi connectivity index (χ4n) is 2.69.